The zero-order chi connectivity index (χ0) is 19.6. The summed E-state index contributed by atoms with van der Waals surface area (Å²) in [6, 6.07) is 7.17. The van der Waals surface area contributed by atoms with Gasteiger partial charge in [0.15, 0.2) is 6.04 Å². The van der Waals surface area contributed by atoms with Crippen molar-refractivity contribution in [3.8, 4) is 5.75 Å². The lowest BCUT2D eigenvalue weighted by Gasteiger charge is -2.49. The minimum atomic E-state index is -0.657. The van der Waals surface area contributed by atoms with E-state index in [1.165, 1.54) is 13.0 Å². The van der Waals surface area contributed by atoms with Crippen LogP contribution in [0.4, 0.5) is 0 Å². The number of ether oxygens (including phenoxy) is 2. The second-order valence-electron chi connectivity index (χ2n) is 7.57. The van der Waals surface area contributed by atoms with Gasteiger partial charge in [0.05, 0.1) is 7.11 Å². The molecule has 0 spiro atoms. The Kier molecular flexibility index (Phi) is 5.67. The molecule has 1 amide bonds. The smallest absolute Gasteiger partial charge is 0.370 e. The lowest BCUT2D eigenvalue weighted by atomic mass is 9.68. The second kappa shape index (κ2) is 7.82. The Morgan fingerprint density at radius 1 is 1.30 bits per heavy atom. The van der Waals surface area contributed by atoms with Crippen molar-refractivity contribution in [2.45, 2.75) is 44.8 Å². The van der Waals surface area contributed by atoms with Gasteiger partial charge < -0.3 is 9.47 Å². The molecule has 6 heteroatoms. The molecule has 6 nitrogen and oxygen atoms in total. The Balaban J connectivity index is 1.96. The molecule has 5 unspecified atom stereocenters. The van der Waals surface area contributed by atoms with Crippen LogP contribution < -0.4 is 4.74 Å². The monoisotopic (exact) mass is 374 g/mol. The predicted octanol–water partition coefficient (Wildman–Crippen LogP) is 3.41. The van der Waals surface area contributed by atoms with Gasteiger partial charge in [-0.15, -0.1) is 4.65 Å². The molecule has 0 bridgehead atoms. The van der Waals surface area contributed by atoms with Crippen LogP contribution in [-0.4, -0.2) is 41.5 Å². The van der Waals surface area contributed by atoms with Gasteiger partial charge in [-0.2, -0.15) is 0 Å². The van der Waals surface area contributed by atoms with Crippen molar-refractivity contribution in [1.29, 1.82) is 0 Å². The number of carbonyl (C=O) groups excluding carboxylic acids is 2. The first-order valence-electron chi connectivity index (χ1n) is 9.47. The summed E-state index contributed by atoms with van der Waals surface area (Å²) in [5.41, 5.74) is 0.882. The van der Waals surface area contributed by atoms with Gasteiger partial charge in [-0.05, 0) is 37.3 Å². The van der Waals surface area contributed by atoms with E-state index in [0.717, 1.165) is 24.8 Å². The first kappa shape index (κ1) is 19.6. The van der Waals surface area contributed by atoms with Crippen LogP contribution in [0.25, 0.3) is 0 Å². The Bertz CT molecular complexity index is 733. The largest absolute Gasteiger partial charge is 0.497 e. The van der Waals surface area contributed by atoms with Crippen LogP contribution in [0.2, 0.25) is 0 Å². The SMILES string of the molecule is C=CC(=O)[N+]1(O)CCC2CC(OC(C)=O)CCC2C1c1cccc(OC)c1. The van der Waals surface area contributed by atoms with Crippen molar-refractivity contribution in [3.05, 3.63) is 42.5 Å². The van der Waals surface area contributed by atoms with Crippen molar-refractivity contribution >= 4 is 11.9 Å². The third kappa shape index (κ3) is 3.77. The van der Waals surface area contributed by atoms with E-state index in [1.807, 2.05) is 24.3 Å². The summed E-state index contributed by atoms with van der Waals surface area (Å²) in [4.78, 5) is 23.9. The molecule has 146 valence electrons. The summed E-state index contributed by atoms with van der Waals surface area (Å²) in [6.07, 6.45) is 4.13. The summed E-state index contributed by atoms with van der Waals surface area (Å²) in [6.45, 7) is 5.34. The first-order chi connectivity index (χ1) is 12.9. The molecule has 1 aliphatic heterocycles. The number of likely N-dealkylation sites (tertiary alicyclic amines) is 1. The van der Waals surface area contributed by atoms with Crippen molar-refractivity contribution in [1.82, 2.24) is 0 Å². The number of carbonyl (C=O) groups is 2. The van der Waals surface area contributed by atoms with E-state index in [2.05, 4.69) is 6.58 Å². The summed E-state index contributed by atoms with van der Waals surface area (Å²) >= 11 is 0. The van der Waals surface area contributed by atoms with Crippen LogP contribution in [-0.2, 0) is 14.3 Å². The van der Waals surface area contributed by atoms with Gasteiger partial charge in [0.2, 0.25) is 0 Å². The molecule has 0 aromatic heterocycles. The number of piperidine rings is 1. The van der Waals surface area contributed by atoms with Crippen molar-refractivity contribution in [3.63, 3.8) is 0 Å². The number of amides is 1. The Hall–Kier alpha value is -2.18. The highest BCUT2D eigenvalue weighted by molar-refractivity contribution is 5.80. The highest BCUT2D eigenvalue weighted by Crippen LogP contribution is 2.50. The van der Waals surface area contributed by atoms with Gasteiger partial charge in [-0.3, -0.25) is 4.79 Å². The summed E-state index contributed by atoms with van der Waals surface area (Å²) < 4.78 is 10.1. The zero-order valence-electron chi connectivity index (χ0n) is 16.0. The molecular formula is C21H28NO5+. The molecule has 2 aliphatic rings. The van der Waals surface area contributed by atoms with Gasteiger partial charge in [-0.25, -0.2) is 10.0 Å². The van der Waals surface area contributed by atoms with Crippen LogP contribution >= 0.6 is 0 Å². The van der Waals surface area contributed by atoms with E-state index in [9.17, 15) is 14.8 Å². The number of fused-ring (bicyclic) bond motifs is 1. The molecule has 0 radical (unpaired) electrons. The number of hydroxylamine groups is 3. The molecular weight excluding hydrogens is 346 g/mol. The summed E-state index contributed by atoms with van der Waals surface area (Å²) in [5, 5.41) is 11.4. The average Bonchev–Trinajstić information content (AvgIpc) is 2.66. The van der Waals surface area contributed by atoms with Gasteiger partial charge >= 0.3 is 11.9 Å². The fraction of sp³-hybridized carbons (Fsp3) is 0.524. The van der Waals surface area contributed by atoms with Gasteiger partial charge in [-0.1, -0.05) is 18.7 Å². The van der Waals surface area contributed by atoms with E-state index < -0.39 is 4.65 Å². The third-order valence-corrected chi connectivity index (χ3v) is 6.02. The van der Waals surface area contributed by atoms with Gasteiger partial charge in [0.25, 0.3) is 0 Å². The maximum absolute atomic E-state index is 12.6. The number of quaternary nitrogens is 1. The van der Waals surface area contributed by atoms with Gasteiger partial charge in [0.1, 0.15) is 18.4 Å². The molecule has 1 aliphatic carbocycles. The first-order valence-corrected chi connectivity index (χ1v) is 9.47. The fourth-order valence-electron chi connectivity index (χ4n) is 4.88. The number of hydrogen-bond donors (Lipinski definition) is 1. The lowest BCUT2D eigenvalue weighted by molar-refractivity contribution is -1.07. The predicted molar refractivity (Wildman–Crippen MR) is 98.9 cm³/mol. The van der Waals surface area contributed by atoms with Crippen LogP contribution in [0.15, 0.2) is 36.9 Å². The maximum Gasteiger partial charge on any atom is 0.370 e. The normalized spacial score (nSPS) is 32.9. The Morgan fingerprint density at radius 3 is 2.74 bits per heavy atom. The molecule has 1 saturated heterocycles. The van der Waals surface area contributed by atoms with E-state index >= 15 is 0 Å². The van der Waals surface area contributed by atoms with Crippen LogP contribution in [0, 0.1) is 11.8 Å². The van der Waals surface area contributed by atoms with E-state index in [-0.39, 0.29) is 35.9 Å². The third-order valence-electron chi connectivity index (χ3n) is 6.02. The van der Waals surface area contributed by atoms with Crippen molar-refractivity contribution in [2.24, 2.45) is 11.8 Å². The molecule has 3 rings (SSSR count). The Labute approximate surface area is 159 Å². The zero-order valence-corrected chi connectivity index (χ0v) is 16.0. The molecule has 27 heavy (non-hydrogen) atoms. The van der Waals surface area contributed by atoms with E-state index in [4.69, 9.17) is 9.47 Å². The van der Waals surface area contributed by atoms with E-state index in [1.54, 1.807) is 7.11 Å². The number of rotatable bonds is 4. The second-order valence-corrected chi connectivity index (χ2v) is 7.57. The molecule has 5 atom stereocenters. The lowest BCUT2D eigenvalue weighted by Crippen LogP contribution is -2.60. The van der Waals surface area contributed by atoms with E-state index in [0.29, 0.717) is 18.7 Å². The van der Waals surface area contributed by atoms with Crippen LogP contribution in [0.3, 0.4) is 0 Å². The summed E-state index contributed by atoms with van der Waals surface area (Å²) in [5.74, 6) is 0.457. The maximum atomic E-state index is 12.6. The number of esters is 1. The van der Waals surface area contributed by atoms with Crippen molar-refractivity contribution in [2.75, 3.05) is 13.7 Å². The summed E-state index contributed by atoms with van der Waals surface area (Å²) in [7, 11) is 1.60. The molecule has 1 aromatic carbocycles. The highest BCUT2D eigenvalue weighted by Gasteiger charge is 2.55. The molecule has 1 N–H and O–H groups in total. The standard InChI is InChI=1S/C21H28NO5/c1-4-20(24)22(25)11-10-15-12-18(27-14(2)23)8-9-19(15)21(22)16-6-5-7-17(13-16)26-3/h4-7,13,15,18-19,21,25H,1,8-12H2,2-3H3/q+1. The van der Waals surface area contributed by atoms with Crippen molar-refractivity contribution < 1.29 is 28.9 Å². The van der Waals surface area contributed by atoms with Crippen LogP contribution in [0.1, 0.15) is 44.2 Å². The molecule has 1 aromatic rings. The quantitative estimate of drug-likeness (QED) is 0.378. The fourth-order valence-corrected chi connectivity index (χ4v) is 4.88. The molecule has 2 fully saturated rings. The number of nitrogens with zero attached hydrogens (tertiary/aromatic N) is 1. The highest BCUT2D eigenvalue weighted by atomic mass is 16.6. The number of methoxy groups -OCH3 is 1. The minimum Gasteiger partial charge on any atom is -0.497 e. The number of benzene rings is 1. The number of hydrogen-bond acceptors (Lipinski definition) is 5. The minimum absolute atomic E-state index is 0.0801. The molecule has 1 saturated carbocycles. The van der Waals surface area contributed by atoms with Gasteiger partial charge in [0, 0.05) is 30.9 Å². The average molecular weight is 374 g/mol. The molecule has 1 heterocycles. The Morgan fingerprint density at radius 2 is 2.07 bits per heavy atom. The topological polar surface area (TPSA) is 72.8 Å². The van der Waals surface area contributed by atoms with Crippen LogP contribution in [0.5, 0.6) is 5.75 Å².